The number of rotatable bonds is 10. The fourth-order valence-corrected chi connectivity index (χ4v) is 2.15. The van der Waals surface area contributed by atoms with Crippen LogP contribution in [-0.2, 0) is 16.1 Å². The molecule has 128 valence electrons. The van der Waals surface area contributed by atoms with Crippen molar-refractivity contribution < 1.29 is 14.3 Å². The Morgan fingerprint density at radius 1 is 1.08 bits per heavy atom. The highest BCUT2D eigenvalue weighted by molar-refractivity contribution is 5.92. The van der Waals surface area contributed by atoms with Gasteiger partial charge in [0, 0.05) is 25.5 Å². The van der Waals surface area contributed by atoms with Gasteiger partial charge in [-0.15, -0.1) is 0 Å². The zero-order chi connectivity index (χ0) is 17.0. The largest absolute Gasteiger partial charge is 0.489 e. The molecule has 0 spiro atoms. The third kappa shape index (κ3) is 6.81. The van der Waals surface area contributed by atoms with E-state index in [-0.39, 0.29) is 12.5 Å². The number of hydrogen-bond acceptors (Lipinski definition) is 4. The molecule has 0 aliphatic rings. The first-order chi connectivity index (χ1) is 11.8. The van der Waals surface area contributed by atoms with Gasteiger partial charge in [-0.05, 0) is 30.7 Å². The van der Waals surface area contributed by atoms with E-state index in [1.54, 1.807) is 7.11 Å². The van der Waals surface area contributed by atoms with Crippen LogP contribution in [0, 0.1) is 0 Å². The maximum atomic E-state index is 11.9. The van der Waals surface area contributed by atoms with E-state index < -0.39 is 0 Å². The predicted octanol–water partition coefficient (Wildman–Crippen LogP) is 2.83. The van der Waals surface area contributed by atoms with Crippen LogP contribution in [0.5, 0.6) is 5.75 Å². The Kier molecular flexibility index (Phi) is 7.80. The van der Waals surface area contributed by atoms with Crippen LogP contribution in [0.15, 0.2) is 54.6 Å². The molecule has 24 heavy (non-hydrogen) atoms. The summed E-state index contributed by atoms with van der Waals surface area (Å²) < 4.78 is 10.7. The minimum Gasteiger partial charge on any atom is -0.489 e. The first-order valence-electron chi connectivity index (χ1n) is 8.04. The average molecular weight is 328 g/mol. The quantitative estimate of drug-likeness (QED) is 0.659. The number of anilines is 1. The van der Waals surface area contributed by atoms with Crippen molar-refractivity contribution in [2.75, 3.05) is 32.1 Å². The number of nitrogens with one attached hydrogen (secondary N) is 2. The van der Waals surface area contributed by atoms with Crippen LogP contribution in [0.1, 0.15) is 12.0 Å². The van der Waals surface area contributed by atoms with Gasteiger partial charge >= 0.3 is 0 Å². The van der Waals surface area contributed by atoms with Gasteiger partial charge in [-0.1, -0.05) is 36.4 Å². The molecule has 0 aliphatic carbocycles. The Hall–Kier alpha value is -2.37. The zero-order valence-electron chi connectivity index (χ0n) is 14.0. The lowest BCUT2D eigenvalue weighted by atomic mass is 10.2. The van der Waals surface area contributed by atoms with Gasteiger partial charge in [0.25, 0.3) is 0 Å². The molecule has 2 aromatic rings. The van der Waals surface area contributed by atoms with Crippen LogP contribution >= 0.6 is 0 Å². The third-order valence-electron chi connectivity index (χ3n) is 3.35. The van der Waals surface area contributed by atoms with Crippen LogP contribution in [0.3, 0.4) is 0 Å². The molecule has 0 heterocycles. The van der Waals surface area contributed by atoms with Gasteiger partial charge in [0.2, 0.25) is 5.91 Å². The molecule has 0 bridgehead atoms. The number of methoxy groups -OCH3 is 1. The average Bonchev–Trinajstić information content (AvgIpc) is 2.61. The van der Waals surface area contributed by atoms with Crippen molar-refractivity contribution in [2.45, 2.75) is 13.0 Å². The number of hydrogen-bond donors (Lipinski definition) is 2. The molecule has 0 fully saturated rings. The Balaban J connectivity index is 1.76. The van der Waals surface area contributed by atoms with E-state index in [4.69, 9.17) is 9.47 Å². The third-order valence-corrected chi connectivity index (χ3v) is 3.35. The van der Waals surface area contributed by atoms with Gasteiger partial charge in [-0.2, -0.15) is 0 Å². The lowest BCUT2D eigenvalue weighted by Crippen LogP contribution is -2.29. The lowest BCUT2D eigenvalue weighted by molar-refractivity contribution is -0.115. The van der Waals surface area contributed by atoms with Gasteiger partial charge in [-0.25, -0.2) is 0 Å². The standard InChI is InChI=1S/C19H24N2O3/c1-23-12-6-11-20-14-19(22)21-17-9-5-10-18(13-17)24-15-16-7-3-2-4-8-16/h2-5,7-10,13,20H,6,11-12,14-15H2,1H3,(H,21,22). The first-order valence-corrected chi connectivity index (χ1v) is 8.04. The summed E-state index contributed by atoms with van der Waals surface area (Å²) in [6, 6.07) is 17.4. The predicted molar refractivity (Wildman–Crippen MR) is 95.2 cm³/mol. The Labute approximate surface area is 143 Å². The molecule has 0 atom stereocenters. The molecule has 2 aromatic carbocycles. The summed E-state index contributed by atoms with van der Waals surface area (Å²) in [5.41, 5.74) is 1.83. The van der Waals surface area contributed by atoms with Gasteiger partial charge in [0.05, 0.1) is 6.54 Å². The molecule has 0 radical (unpaired) electrons. The van der Waals surface area contributed by atoms with Crippen molar-refractivity contribution >= 4 is 11.6 Å². The van der Waals surface area contributed by atoms with E-state index in [9.17, 15) is 4.79 Å². The molecule has 2 rings (SSSR count). The smallest absolute Gasteiger partial charge is 0.238 e. The van der Waals surface area contributed by atoms with Crippen molar-refractivity contribution in [3.63, 3.8) is 0 Å². The number of ether oxygens (including phenoxy) is 2. The molecule has 2 N–H and O–H groups in total. The second-order valence-corrected chi connectivity index (χ2v) is 5.37. The summed E-state index contributed by atoms with van der Waals surface area (Å²) in [7, 11) is 1.67. The van der Waals surface area contributed by atoms with E-state index in [1.165, 1.54) is 0 Å². The summed E-state index contributed by atoms with van der Waals surface area (Å²) in [6.45, 7) is 2.22. The number of amides is 1. The molecular formula is C19H24N2O3. The second kappa shape index (κ2) is 10.4. The summed E-state index contributed by atoms with van der Waals surface area (Å²) in [6.07, 6.45) is 0.882. The van der Waals surface area contributed by atoms with Crippen LogP contribution < -0.4 is 15.4 Å². The summed E-state index contributed by atoms with van der Waals surface area (Å²) in [4.78, 5) is 11.9. The number of carbonyl (C=O) groups is 1. The molecule has 0 saturated heterocycles. The van der Waals surface area contributed by atoms with Crippen LogP contribution in [-0.4, -0.2) is 32.7 Å². The van der Waals surface area contributed by atoms with E-state index in [0.29, 0.717) is 13.2 Å². The first kappa shape index (κ1) is 18.0. The molecule has 0 aromatic heterocycles. The van der Waals surface area contributed by atoms with Gasteiger partial charge in [-0.3, -0.25) is 4.79 Å². The maximum Gasteiger partial charge on any atom is 0.238 e. The molecular weight excluding hydrogens is 304 g/mol. The minimum absolute atomic E-state index is 0.0763. The van der Waals surface area contributed by atoms with E-state index in [1.807, 2.05) is 54.6 Å². The van der Waals surface area contributed by atoms with Gasteiger partial charge < -0.3 is 20.1 Å². The SMILES string of the molecule is COCCCNCC(=O)Nc1cccc(OCc2ccccc2)c1. The summed E-state index contributed by atoms with van der Waals surface area (Å²) >= 11 is 0. The Morgan fingerprint density at radius 3 is 2.71 bits per heavy atom. The van der Waals surface area contributed by atoms with E-state index in [0.717, 1.165) is 30.0 Å². The molecule has 0 saturated carbocycles. The second-order valence-electron chi connectivity index (χ2n) is 5.37. The highest BCUT2D eigenvalue weighted by atomic mass is 16.5. The van der Waals surface area contributed by atoms with Gasteiger partial charge in [0.1, 0.15) is 12.4 Å². The van der Waals surface area contributed by atoms with Crippen LogP contribution in [0.2, 0.25) is 0 Å². The molecule has 0 aliphatic heterocycles. The highest BCUT2D eigenvalue weighted by Gasteiger charge is 2.03. The van der Waals surface area contributed by atoms with Crippen molar-refractivity contribution in [2.24, 2.45) is 0 Å². The lowest BCUT2D eigenvalue weighted by Gasteiger charge is -2.10. The molecule has 5 nitrogen and oxygen atoms in total. The fraction of sp³-hybridized carbons (Fsp3) is 0.316. The molecule has 5 heteroatoms. The zero-order valence-corrected chi connectivity index (χ0v) is 14.0. The van der Waals surface area contributed by atoms with Crippen molar-refractivity contribution in [1.82, 2.24) is 5.32 Å². The summed E-state index contributed by atoms with van der Waals surface area (Å²) in [5.74, 6) is 0.650. The van der Waals surface area contributed by atoms with Crippen LogP contribution in [0.4, 0.5) is 5.69 Å². The summed E-state index contributed by atoms with van der Waals surface area (Å²) in [5, 5.41) is 5.94. The monoisotopic (exact) mass is 328 g/mol. The van der Waals surface area contributed by atoms with E-state index >= 15 is 0 Å². The minimum atomic E-state index is -0.0763. The Bertz CT molecular complexity index is 617. The Morgan fingerprint density at radius 2 is 1.92 bits per heavy atom. The van der Waals surface area contributed by atoms with Crippen LogP contribution in [0.25, 0.3) is 0 Å². The van der Waals surface area contributed by atoms with E-state index in [2.05, 4.69) is 10.6 Å². The molecule has 0 unspecified atom stereocenters. The normalized spacial score (nSPS) is 10.4. The van der Waals surface area contributed by atoms with Crippen molar-refractivity contribution in [1.29, 1.82) is 0 Å². The fourth-order valence-electron chi connectivity index (χ4n) is 2.15. The number of benzene rings is 2. The number of carbonyl (C=O) groups excluding carboxylic acids is 1. The molecule has 1 amide bonds. The topological polar surface area (TPSA) is 59.6 Å². The maximum absolute atomic E-state index is 11.9. The van der Waals surface area contributed by atoms with Gasteiger partial charge in [0.15, 0.2) is 0 Å². The van der Waals surface area contributed by atoms with Crippen molar-refractivity contribution in [3.8, 4) is 5.75 Å². The van der Waals surface area contributed by atoms with Crippen molar-refractivity contribution in [3.05, 3.63) is 60.2 Å². The highest BCUT2D eigenvalue weighted by Crippen LogP contribution is 2.18.